The van der Waals surface area contributed by atoms with Crippen molar-refractivity contribution in [1.29, 1.82) is 0 Å². The van der Waals surface area contributed by atoms with Crippen LogP contribution in [0.25, 0.3) is 0 Å². The third-order valence-electron chi connectivity index (χ3n) is 2.50. The number of ether oxygens (including phenoxy) is 1. The molecule has 3 N–H and O–H groups in total. The summed E-state index contributed by atoms with van der Waals surface area (Å²) in [5, 5.41) is 12.3. The molecule has 1 heterocycles. The highest BCUT2D eigenvalue weighted by Crippen LogP contribution is 2.26. The maximum absolute atomic E-state index is 8.81. The maximum atomic E-state index is 8.81. The molecule has 0 fully saturated rings. The minimum atomic E-state index is -0.0531. The number of oxime groups is 1. The number of nitrogens with zero attached hydrogens (tertiary/aromatic N) is 2. The number of benzene rings is 1. The van der Waals surface area contributed by atoms with E-state index in [1.165, 1.54) is 0 Å². The number of aromatic nitrogens is 1. The summed E-state index contributed by atoms with van der Waals surface area (Å²) in [7, 11) is 0. The average Bonchev–Trinajstić information content (AvgIpc) is 2.38. The summed E-state index contributed by atoms with van der Waals surface area (Å²) in [4.78, 5) is 4.10. The number of hydrogen-bond donors (Lipinski definition) is 2. The van der Waals surface area contributed by atoms with Crippen molar-refractivity contribution in [2.45, 2.75) is 6.92 Å². The fourth-order valence-corrected chi connectivity index (χ4v) is 1.79. The summed E-state index contributed by atoms with van der Waals surface area (Å²) in [5.41, 5.74) is 6.88. The molecule has 0 aliphatic carbocycles. The summed E-state index contributed by atoms with van der Waals surface area (Å²) in [6.07, 6.45) is 1.59. The van der Waals surface area contributed by atoms with Gasteiger partial charge in [0.1, 0.15) is 5.75 Å². The fourth-order valence-electron chi connectivity index (χ4n) is 1.61. The Hall–Kier alpha value is -2.27. The SMILES string of the molecule is Cc1ccnc(Oc2cccc(Cl)c2)c1/C(N)=N/O. The van der Waals surface area contributed by atoms with Gasteiger partial charge in [-0.1, -0.05) is 22.8 Å². The quantitative estimate of drug-likeness (QED) is 0.391. The largest absolute Gasteiger partial charge is 0.438 e. The molecule has 98 valence electrons. The van der Waals surface area contributed by atoms with Crippen LogP contribution in [0.3, 0.4) is 0 Å². The van der Waals surface area contributed by atoms with Gasteiger partial charge in [0.15, 0.2) is 5.84 Å². The van der Waals surface area contributed by atoms with E-state index in [0.717, 1.165) is 5.56 Å². The number of amidine groups is 1. The zero-order valence-electron chi connectivity index (χ0n) is 10.2. The first-order valence-corrected chi connectivity index (χ1v) is 5.86. The summed E-state index contributed by atoms with van der Waals surface area (Å²) in [6.45, 7) is 1.82. The molecule has 2 rings (SSSR count). The minimum absolute atomic E-state index is 0.0531. The van der Waals surface area contributed by atoms with Gasteiger partial charge in [-0.15, -0.1) is 0 Å². The normalized spacial score (nSPS) is 11.4. The van der Waals surface area contributed by atoms with E-state index >= 15 is 0 Å². The van der Waals surface area contributed by atoms with Crippen molar-refractivity contribution < 1.29 is 9.94 Å². The second kappa shape index (κ2) is 5.58. The molecule has 0 amide bonds. The van der Waals surface area contributed by atoms with Gasteiger partial charge < -0.3 is 15.7 Å². The zero-order chi connectivity index (χ0) is 13.8. The number of pyridine rings is 1. The third kappa shape index (κ3) is 2.95. The van der Waals surface area contributed by atoms with E-state index in [9.17, 15) is 0 Å². The molecule has 0 saturated heterocycles. The first kappa shape index (κ1) is 13.2. The summed E-state index contributed by atoms with van der Waals surface area (Å²) in [5.74, 6) is 0.734. The number of aryl methyl sites for hydroxylation is 1. The van der Waals surface area contributed by atoms with Gasteiger partial charge in [0.2, 0.25) is 5.88 Å². The molecule has 0 spiro atoms. The van der Waals surface area contributed by atoms with E-state index in [2.05, 4.69) is 10.1 Å². The van der Waals surface area contributed by atoms with Crippen LogP contribution in [0.15, 0.2) is 41.7 Å². The van der Waals surface area contributed by atoms with Crippen molar-refractivity contribution in [3.8, 4) is 11.6 Å². The van der Waals surface area contributed by atoms with Gasteiger partial charge in [-0.2, -0.15) is 0 Å². The number of halogens is 1. The van der Waals surface area contributed by atoms with Gasteiger partial charge in [-0.3, -0.25) is 0 Å². The number of nitrogens with two attached hydrogens (primary N) is 1. The van der Waals surface area contributed by atoms with Gasteiger partial charge in [0, 0.05) is 11.2 Å². The Balaban J connectivity index is 2.43. The van der Waals surface area contributed by atoms with Crippen LogP contribution < -0.4 is 10.5 Å². The lowest BCUT2D eigenvalue weighted by Crippen LogP contribution is -2.16. The fraction of sp³-hybridized carbons (Fsp3) is 0.0769. The molecule has 6 heteroatoms. The Morgan fingerprint density at radius 1 is 1.42 bits per heavy atom. The molecule has 0 saturated carbocycles. The number of hydrogen-bond acceptors (Lipinski definition) is 4. The van der Waals surface area contributed by atoms with Crippen LogP contribution in [0.5, 0.6) is 11.6 Å². The molecule has 0 atom stereocenters. The molecule has 0 radical (unpaired) electrons. The Bertz CT molecular complexity index is 629. The van der Waals surface area contributed by atoms with Crippen molar-refractivity contribution in [2.24, 2.45) is 10.9 Å². The smallest absolute Gasteiger partial charge is 0.230 e. The first-order valence-electron chi connectivity index (χ1n) is 5.48. The molecular formula is C13H12ClN3O2. The van der Waals surface area contributed by atoms with Crippen LogP contribution in [0.4, 0.5) is 0 Å². The van der Waals surface area contributed by atoms with Gasteiger partial charge in [0.25, 0.3) is 0 Å². The van der Waals surface area contributed by atoms with Gasteiger partial charge in [0.05, 0.1) is 5.56 Å². The third-order valence-corrected chi connectivity index (χ3v) is 2.73. The van der Waals surface area contributed by atoms with Crippen LogP contribution in [0.2, 0.25) is 5.02 Å². The predicted molar refractivity (Wildman–Crippen MR) is 73.0 cm³/mol. The standard InChI is InChI=1S/C13H12ClN3O2/c1-8-5-6-16-13(11(8)12(15)17-18)19-10-4-2-3-9(14)7-10/h2-7,18H,1H3,(H2,15,17). The average molecular weight is 278 g/mol. The van der Waals surface area contributed by atoms with Gasteiger partial charge in [-0.05, 0) is 36.8 Å². The lowest BCUT2D eigenvalue weighted by Gasteiger charge is -2.11. The van der Waals surface area contributed by atoms with Crippen molar-refractivity contribution in [3.63, 3.8) is 0 Å². The topological polar surface area (TPSA) is 80.7 Å². The molecule has 1 aromatic carbocycles. The van der Waals surface area contributed by atoms with Crippen LogP contribution in [-0.2, 0) is 0 Å². The summed E-state index contributed by atoms with van der Waals surface area (Å²) in [6, 6.07) is 8.64. The Morgan fingerprint density at radius 3 is 2.89 bits per heavy atom. The minimum Gasteiger partial charge on any atom is -0.438 e. The molecule has 5 nitrogen and oxygen atoms in total. The van der Waals surface area contributed by atoms with Crippen LogP contribution in [0, 0.1) is 6.92 Å². The van der Waals surface area contributed by atoms with Crippen molar-refractivity contribution >= 4 is 17.4 Å². The van der Waals surface area contributed by atoms with E-state index in [4.69, 9.17) is 27.3 Å². The van der Waals surface area contributed by atoms with Crippen LogP contribution in [-0.4, -0.2) is 16.0 Å². The number of rotatable bonds is 3. The van der Waals surface area contributed by atoms with Gasteiger partial charge in [-0.25, -0.2) is 4.98 Å². The van der Waals surface area contributed by atoms with Crippen molar-refractivity contribution in [3.05, 3.63) is 52.7 Å². The summed E-state index contributed by atoms with van der Waals surface area (Å²) < 4.78 is 5.63. The Morgan fingerprint density at radius 2 is 2.21 bits per heavy atom. The second-order valence-electron chi connectivity index (χ2n) is 3.85. The molecule has 0 aliphatic rings. The molecule has 1 aromatic heterocycles. The molecule has 2 aromatic rings. The van der Waals surface area contributed by atoms with E-state index in [-0.39, 0.29) is 11.7 Å². The van der Waals surface area contributed by atoms with E-state index in [0.29, 0.717) is 16.3 Å². The van der Waals surface area contributed by atoms with Gasteiger partial charge >= 0.3 is 0 Å². The zero-order valence-corrected chi connectivity index (χ0v) is 10.9. The molecule has 0 bridgehead atoms. The predicted octanol–water partition coefficient (Wildman–Crippen LogP) is 2.93. The van der Waals surface area contributed by atoms with E-state index < -0.39 is 0 Å². The van der Waals surface area contributed by atoms with E-state index in [1.807, 2.05) is 6.92 Å². The molecule has 0 aliphatic heterocycles. The molecular weight excluding hydrogens is 266 g/mol. The highest BCUT2D eigenvalue weighted by molar-refractivity contribution is 6.30. The highest BCUT2D eigenvalue weighted by Gasteiger charge is 2.14. The Kier molecular flexibility index (Phi) is 3.87. The lowest BCUT2D eigenvalue weighted by atomic mass is 10.1. The molecule has 0 unspecified atom stereocenters. The Labute approximate surface area is 115 Å². The summed E-state index contributed by atoms with van der Waals surface area (Å²) >= 11 is 5.88. The molecule has 19 heavy (non-hydrogen) atoms. The van der Waals surface area contributed by atoms with Crippen molar-refractivity contribution in [1.82, 2.24) is 4.98 Å². The van der Waals surface area contributed by atoms with Crippen LogP contribution >= 0.6 is 11.6 Å². The van der Waals surface area contributed by atoms with Crippen molar-refractivity contribution in [2.75, 3.05) is 0 Å². The monoisotopic (exact) mass is 277 g/mol. The second-order valence-corrected chi connectivity index (χ2v) is 4.29. The highest BCUT2D eigenvalue weighted by atomic mass is 35.5. The lowest BCUT2D eigenvalue weighted by molar-refractivity contribution is 0.318. The maximum Gasteiger partial charge on any atom is 0.230 e. The van der Waals surface area contributed by atoms with Crippen LogP contribution in [0.1, 0.15) is 11.1 Å². The van der Waals surface area contributed by atoms with E-state index in [1.54, 1.807) is 36.5 Å². The first-order chi connectivity index (χ1) is 9.11.